The minimum Gasteiger partial charge on any atom is -0.391 e. The predicted octanol–water partition coefficient (Wildman–Crippen LogP) is 2.51. The van der Waals surface area contributed by atoms with Gasteiger partial charge in [0.2, 0.25) is 0 Å². The number of amides is 1. The molecule has 1 aliphatic heterocycles. The van der Waals surface area contributed by atoms with Gasteiger partial charge in [-0.05, 0) is 56.9 Å². The summed E-state index contributed by atoms with van der Waals surface area (Å²) in [6.07, 6.45) is 2.27. The second kappa shape index (κ2) is 5.70. The van der Waals surface area contributed by atoms with Gasteiger partial charge in [0.1, 0.15) is 5.82 Å². The number of nitrogens with zero attached hydrogens (tertiary/aromatic N) is 1. The van der Waals surface area contributed by atoms with Gasteiger partial charge < -0.3 is 10.0 Å². The molecule has 0 aromatic heterocycles. The molecular formula is C15H20FNO2. The van der Waals surface area contributed by atoms with Crippen molar-refractivity contribution in [2.75, 3.05) is 6.54 Å². The van der Waals surface area contributed by atoms with Crippen LogP contribution in [-0.4, -0.2) is 34.6 Å². The van der Waals surface area contributed by atoms with Crippen LogP contribution in [0.5, 0.6) is 0 Å². The third-order valence-corrected chi connectivity index (χ3v) is 3.77. The van der Waals surface area contributed by atoms with E-state index in [-0.39, 0.29) is 17.8 Å². The van der Waals surface area contributed by atoms with Gasteiger partial charge in [0.15, 0.2) is 0 Å². The number of carbonyl (C=O) groups excluding carboxylic acids is 1. The fourth-order valence-corrected chi connectivity index (χ4v) is 2.65. The SMILES string of the molecule is Cc1cc(C(=O)N2CCCC[C@H]2[C@@H](C)O)ccc1F. The fourth-order valence-electron chi connectivity index (χ4n) is 2.65. The molecule has 3 nitrogen and oxygen atoms in total. The van der Waals surface area contributed by atoms with Crippen molar-refractivity contribution < 1.29 is 14.3 Å². The standard InChI is InChI=1S/C15H20FNO2/c1-10-9-12(6-7-13(10)16)15(19)17-8-4-3-5-14(17)11(2)18/h6-7,9,11,14,18H,3-5,8H2,1-2H3/t11-,14+/m1/s1. The molecule has 2 atom stereocenters. The molecule has 0 radical (unpaired) electrons. The fraction of sp³-hybridized carbons (Fsp3) is 0.533. The number of carbonyl (C=O) groups is 1. The zero-order chi connectivity index (χ0) is 14.0. The van der Waals surface area contributed by atoms with E-state index in [1.165, 1.54) is 12.1 Å². The lowest BCUT2D eigenvalue weighted by molar-refractivity contribution is 0.0281. The second-order valence-electron chi connectivity index (χ2n) is 5.27. The van der Waals surface area contributed by atoms with Gasteiger partial charge in [0, 0.05) is 12.1 Å². The smallest absolute Gasteiger partial charge is 0.254 e. The maximum absolute atomic E-state index is 13.2. The van der Waals surface area contributed by atoms with Crippen LogP contribution in [0.4, 0.5) is 4.39 Å². The molecule has 4 heteroatoms. The van der Waals surface area contributed by atoms with Gasteiger partial charge in [-0.1, -0.05) is 0 Å². The monoisotopic (exact) mass is 265 g/mol. The number of aliphatic hydroxyl groups is 1. The Morgan fingerprint density at radius 1 is 1.47 bits per heavy atom. The molecule has 2 rings (SSSR count). The van der Waals surface area contributed by atoms with Crippen LogP contribution in [0.25, 0.3) is 0 Å². The number of piperidine rings is 1. The van der Waals surface area contributed by atoms with E-state index >= 15 is 0 Å². The molecular weight excluding hydrogens is 245 g/mol. The van der Waals surface area contributed by atoms with Crippen LogP contribution in [0, 0.1) is 12.7 Å². The molecule has 1 aromatic rings. The zero-order valence-electron chi connectivity index (χ0n) is 11.4. The summed E-state index contributed by atoms with van der Waals surface area (Å²) in [5.41, 5.74) is 0.961. The Hall–Kier alpha value is -1.42. The number of hydrogen-bond donors (Lipinski definition) is 1. The van der Waals surface area contributed by atoms with E-state index in [9.17, 15) is 14.3 Å². The zero-order valence-corrected chi connectivity index (χ0v) is 11.4. The first-order valence-electron chi connectivity index (χ1n) is 6.76. The average molecular weight is 265 g/mol. The van der Waals surface area contributed by atoms with Crippen molar-refractivity contribution >= 4 is 5.91 Å². The molecule has 0 saturated carbocycles. The highest BCUT2D eigenvalue weighted by Gasteiger charge is 2.30. The van der Waals surface area contributed by atoms with Crippen molar-refractivity contribution in [2.45, 2.75) is 45.3 Å². The molecule has 0 bridgehead atoms. The third-order valence-electron chi connectivity index (χ3n) is 3.77. The third kappa shape index (κ3) is 2.95. The number of halogens is 1. The molecule has 0 unspecified atom stereocenters. The van der Waals surface area contributed by atoms with Gasteiger partial charge >= 0.3 is 0 Å². The largest absolute Gasteiger partial charge is 0.391 e. The summed E-state index contributed by atoms with van der Waals surface area (Å²) >= 11 is 0. The summed E-state index contributed by atoms with van der Waals surface area (Å²) in [6.45, 7) is 4.02. The van der Waals surface area contributed by atoms with Crippen molar-refractivity contribution in [1.29, 1.82) is 0 Å². The average Bonchev–Trinajstić information content (AvgIpc) is 2.41. The number of rotatable bonds is 2. The molecule has 19 heavy (non-hydrogen) atoms. The Labute approximate surface area is 113 Å². The summed E-state index contributed by atoms with van der Waals surface area (Å²) in [7, 11) is 0. The van der Waals surface area contributed by atoms with E-state index in [1.54, 1.807) is 24.8 Å². The summed E-state index contributed by atoms with van der Waals surface area (Å²) < 4.78 is 13.2. The summed E-state index contributed by atoms with van der Waals surface area (Å²) in [5, 5.41) is 9.79. The summed E-state index contributed by atoms with van der Waals surface area (Å²) in [6, 6.07) is 4.28. The Balaban J connectivity index is 2.23. The molecule has 0 spiro atoms. The molecule has 1 fully saturated rings. The molecule has 1 amide bonds. The first-order chi connectivity index (χ1) is 9.00. The lowest BCUT2D eigenvalue weighted by atomic mass is 9.97. The van der Waals surface area contributed by atoms with E-state index < -0.39 is 6.10 Å². The van der Waals surface area contributed by atoms with Gasteiger partial charge in [0.05, 0.1) is 12.1 Å². The van der Waals surface area contributed by atoms with Crippen LogP contribution in [0.15, 0.2) is 18.2 Å². The van der Waals surface area contributed by atoms with Crippen molar-refractivity contribution in [3.8, 4) is 0 Å². The van der Waals surface area contributed by atoms with E-state index in [1.807, 2.05) is 0 Å². The molecule has 1 aliphatic rings. The molecule has 1 aromatic carbocycles. The van der Waals surface area contributed by atoms with Crippen LogP contribution in [0.3, 0.4) is 0 Å². The van der Waals surface area contributed by atoms with E-state index in [4.69, 9.17) is 0 Å². The van der Waals surface area contributed by atoms with E-state index in [0.717, 1.165) is 19.3 Å². The topological polar surface area (TPSA) is 40.5 Å². The van der Waals surface area contributed by atoms with Crippen molar-refractivity contribution in [3.05, 3.63) is 35.1 Å². The highest BCUT2D eigenvalue weighted by Crippen LogP contribution is 2.22. The highest BCUT2D eigenvalue weighted by atomic mass is 19.1. The van der Waals surface area contributed by atoms with Crippen molar-refractivity contribution in [3.63, 3.8) is 0 Å². The molecule has 1 N–H and O–H groups in total. The van der Waals surface area contributed by atoms with Crippen molar-refractivity contribution in [1.82, 2.24) is 4.90 Å². The van der Waals surface area contributed by atoms with Gasteiger partial charge in [-0.15, -0.1) is 0 Å². The van der Waals surface area contributed by atoms with Crippen LogP contribution in [-0.2, 0) is 0 Å². The first-order valence-corrected chi connectivity index (χ1v) is 6.76. The lowest BCUT2D eigenvalue weighted by Crippen LogP contribution is -2.48. The molecule has 104 valence electrons. The minimum atomic E-state index is -0.536. The first kappa shape index (κ1) is 14.0. The second-order valence-corrected chi connectivity index (χ2v) is 5.27. The highest BCUT2D eigenvalue weighted by molar-refractivity contribution is 5.94. The number of likely N-dealkylation sites (tertiary alicyclic amines) is 1. The molecule has 1 heterocycles. The van der Waals surface area contributed by atoms with Crippen molar-refractivity contribution in [2.24, 2.45) is 0 Å². The van der Waals surface area contributed by atoms with Gasteiger partial charge in [-0.25, -0.2) is 4.39 Å². The number of benzene rings is 1. The quantitative estimate of drug-likeness (QED) is 0.892. The van der Waals surface area contributed by atoms with E-state index in [2.05, 4.69) is 0 Å². The van der Waals surface area contributed by atoms with E-state index in [0.29, 0.717) is 17.7 Å². The van der Waals surface area contributed by atoms with Crippen LogP contribution >= 0.6 is 0 Å². The molecule has 1 saturated heterocycles. The molecule has 0 aliphatic carbocycles. The van der Waals surface area contributed by atoms with Gasteiger partial charge in [-0.2, -0.15) is 0 Å². The lowest BCUT2D eigenvalue weighted by Gasteiger charge is -2.37. The summed E-state index contributed by atoms with van der Waals surface area (Å²) in [5.74, 6) is -0.420. The Bertz CT molecular complexity index is 473. The number of hydrogen-bond acceptors (Lipinski definition) is 2. The predicted molar refractivity (Wildman–Crippen MR) is 71.5 cm³/mol. The van der Waals surface area contributed by atoms with Crippen LogP contribution < -0.4 is 0 Å². The minimum absolute atomic E-state index is 0.117. The maximum atomic E-state index is 13.2. The summed E-state index contributed by atoms with van der Waals surface area (Å²) in [4.78, 5) is 14.2. The van der Waals surface area contributed by atoms with Crippen LogP contribution in [0.1, 0.15) is 42.1 Å². The normalized spacial score (nSPS) is 21.3. The van der Waals surface area contributed by atoms with Gasteiger partial charge in [0.25, 0.3) is 5.91 Å². The number of aliphatic hydroxyl groups excluding tert-OH is 1. The van der Waals surface area contributed by atoms with Crippen LogP contribution in [0.2, 0.25) is 0 Å². The Morgan fingerprint density at radius 2 is 2.21 bits per heavy atom. The van der Waals surface area contributed by atoms with Gasteiger partial charge in [-0.3, -0.25) is 4.79 Å². The Morgan fingerprint density at radius 3 is 2.84 bits per heavy atom. The maximum Gasteiger partial charge on any atom is 0.254 e. The Kier molecular flexibility index (Phi) is 4.20. The number of aryl methyl sites for hydroxylation is 1.